The average molecular weight is 353 g/mol. The smallest absolute Gasteiger partial charge is 0.277 e. The maximum Gasteiger partial charge on any atom is 0.277 e. The maximum absolute atomic E-state index is 12.2. The van der Waals surface area contributed by atoms with Crippen LogP contribution < -0.4 is 5.32 Å². The first-order valence-electron chi connectivity index (χ1n) is 8.00. The number of benzene rings is 2. The van der Waals surface area contributed by atoms with E-state index in [-0.39, 0.29) is 11.2 Å². The monoisotopic (exact) mass is 353 g/mol. The summed E-state index contributed by atoms with van der Waals surface area (Å²) >= 11 is 1.25. The van der Waals surface area contributed by atoms with Crippen molar-refractivity contribution in [1.29, 1.82) is 0 Å². The van der Waals surface area contributed by atoms with Crippen LogP contribution in [0.25, 0.3) is 11.5 Å². The summed E-state index contributed by atoms with van der Waals surface area (Å²) in [7, 11) is 0. The van der Waals surface area contributed by atoms with Crippen LogP contribution in [0.3, 0.4) is 0 Å². The van der Waals surface area contributed by atoms with Crippen LogP contribution in [-0.2, 0) is 11.3 Å². The molecule has 1 atom stereocenters. The Morgan fingerprint density at radius 2 is 1.96 bits per heavy atom. The van der Waals surface area contributed by atoms with E-state index in [0.717, 1.165) is 16.7 Å². The fourth-order valence-corrected chi connectivity index (χ4v) is 2.99. The Bertz CT molecular complexity index is 849. The zero-order valence-corrected chi connectivity index (χ0v) is 14.9. The molecule has 25 heavy (non-hydrogen) atoms. The molecule has 3 aromatic rings. The summed E-state index contributed by atoms with van der Waals surface area (Å²) in [6.45, 7) is 4.33. The van der Waals surface area contributed by atoms with Gasteiger partial charge in [0.1, 0.15) is 0 Å². The molecule has 1 amide bonds. The van der Waals surface area contributed by atoms with Crippen LogP contribution in [0, 0.1) is 6.92 Å². The zero-order valence-electron chi connectivity index (χ0n) is 14.1. The third-order valence-corrected chi connectivity index (χ3v) is 4.56. The number of nitrogens with one attached hydrogen (secondary N) is 1. The van der Waals surface area contributed by atoms with Crippen molar-refractivity contribution in [2.24, 2.45) is 0 Å². The van der Waals surface area contributed by atoms with Crippen molar-refractivity contribution >= 4 is 17.7 Å². The van der Waals surface area contributed by atoms with Gasteiger partial charge in [0.05, 0.1) is 5.25 Å². The van der Waals surface area contributed by atoms with Crippen molar-refractivity contribution in [2.75, 3.05) is 0 Å². The molecule has 1 heterocycles. The summed E-state index contributed by atoms with van der Waals surface area (Å²) < 4.78 is 5.67. The Labute approximate surface area is 150 Å². The number of hydrogen-bond acceptors (Lipinski definition) is 5. The van der Waals surface area contributed by atoms with Gasteiger partial charge in [-0.3, -0.25) is 4.79 Å². The zero-order chi connectivity index (χ0) is 17.6. The lowest BCUT2D eigenvalue weighted by Gasteiger charge is -2.09. The van der Waals surface area contributed by atoms with E-state index in [1.807, 2.05) is 68.4 Å². The molecule has 3 rings (SSSR count). The molecule has 1 aromatic heterocycles. The highest BCUT2D eigenvalue weighted by atomic mass is 32.2. The van der Waals surface area contributed by atoms with Crippen LogP contribution >= 0.6 is 11.8 Å². The first-order chi connectivity index (χ1) is 12.1. The van der Waals surface area contributed by atoms with Gasteiger partial charge in [-0.05, 0) is 31.5 Å². The Morgan fingerprint density at radius 1 is 1.16 bits per heavy atom. The van der Waals surface area contributed by atoms with Crippen LogP contribution in [0.2, 0.25) is 0 Å². The summed E-state index contributed by atoms with van der Waals surface area (Å²) in [5.41, 5.74) is 3.06. The molecular formula is C19H19N3O2S. The second kappa shape index (κ2) is 7.98. The quantitative estimate of drug-likeness (QED) is 0.682. The molecule has 2 aromatic carbocycles. The van der Waals surface area contributed by atoms with Gasteiger partial charge < -0.3 is 9.73 Å². The molecule has 0 radical (unpaired) electrons. The van der Waals surface area contributed by atoms with Crippen LogP contribution in [-0.4, -0.2) is 21.4 Å². The minimum atomic E-state index is -0.325. The highest BCUT2D eigenvalue weighted by molar-refractivity contribution is 8.00. The van der Waals surface area contributed by atoms with Gasteiger partial charge in [-0.2, -0.15) is 0 Å². The SMILES string of the molecule is Cc1cccc(-c2nnc(S[C@H](C)C(=O)NCc3ccccc3)o2)c1. The Balaban J connectivity index is 1.57. The van der Waals surface area contributed by atoms with Crippen molar-refractivity contribution in [2.45, 2.75) is 30.9 Å². The van der Waals surface area contributed by atoms with Crippen molar-refractivity contribution in [1.82, 2.24) is 15.5 Å². The van der Waals surface area contributed by atoms with E-state index >= 15 is 0 Å². The number of aryl methyl sites for hydroxylation is 1. The lowest BCUT2D eigenvalue weighted by molar-refractivity contribution is -0.120. The number of thioether (sulfide) groups is 1. The minimum absolute atomic E-state index is 0.0656. The second-order valence-electron chi connectivity index (χ2n) is 5.71. The molecular weight excluding hydrogens is 334 g/mol. The predicted octanol–water partition coefficient (Wildman–Crippen LogP) is 3.84. The van der Waals surface area contributed by atoms with E-state index in [1.54, 1.807) is 0 Å². The Kier molecular flexibility index (Phi) is 5.50. The number of amides is 1. The number of aromatic nitrogens is 2. The number of rotatable bonds is 6. The molecule has 128 valence electrons. The van der Waals surface area contributed by atoms with Crippen molar-refractivity contribution in [3.8, 4) is 11.5 Å². The van der Waals surface area contributed by atoms with Gasteiger partial charge in [0.15, 0.2) is 0 Å². The van der Waals surface area contributed by atoms with Crippen LogP contribution in [0.1, 0.15) is 18.1 Å². The number of carbonyl (C=O) groups is 1. The number of nitrogens with zero attached hydrogens (tertiary/aromatic N) is 2. The van der Waals surface area contributed by atoms with Crippen molar-refractivity contribution < 1.29 is 9.21 Å². The molecule has 0 fully saturated rings. The molecule has 0 saturated carbocycles. The fraction of sp³-hybridized carbons (Fsp3) is 0.211. The molecule has 6 heteroatoms. The van der Waals surface area contributed by atoms with Gasteiger partial charge in [-0.1, -0.05) is 59.8 Å². The minimum Gasteiger partial charge on any atom is -0.411 e. The largest absolute Gasteiger partial charge is 0.411 e. The van der Waals surface area contributed by atoms with Crippen molar-refractivity contribution in [3.63, 3.8) is 0 Å². The van der Waals surface area contributed by atoms with Gasteiger partial charge in [-0.15, -0.1) is 10.2 Å². The highest BCUT2D eigenvalue weighted by Gasteiger charge is 2.18. The van der Waals surface area contributed by atoms with E-state index in [0.29, 0.717) is 17.7 Å². The summed E-state index contributed by atoms with van der Waals surface area (Å²) in [5, 5.41) is 11.1. The maximum atomic E-state index is 12.2. The van der Waals surface area contributed by atoms with Crippen LogP contribution in [0.5, 0.6) is 0 Å². The van der Waals surface area contributed by atoms with E-state index in [2.05, 4.69) is 15.5 Å². The van der Waals surface area contributed by atoms with Gasteiger partial charge in [0.25, 0.3) is 5.22 Å². The van der Waals surface area contributed by atoms with Crippen LogP contribution in [0.15, 0.2) is 64.2 Å². The first-order valence-corrected chi connectivity index (χ1v) is 8.88. The van der Waals surface area contributed by atoms with Crippen LogP contribution in [0.4, 0.5) is 0 Å². The molecule has 0 aliphatic carbocycles. The van der Waals surface area contributed by atoms with Gasteiger partial charge in [0, 0.05) is 12.1 Å². The summed E-state index contributed by atoms with van der Waals surface area (Å²) in [4.78, 5) is 12.2. The fourth-order valence-electron chi connectivity index (χ4n) is 2.29. The second-order valence-corrected chi connectivity index (χ2v) is 7.00. The third-order valence-electron chi connectivity index (χ3n) is 3.63. The van der Waals surface area contributed by atoms with E-state index < -0.39 is 0 Å². The lowest BCUT2D eigenvalue weighted by Crippen LogP contribution is -2.30. The van der Waals surface area contributed by atoms with Gasteiger partial charge in [0.2, 0.25) is 11.8 Å². The molecule has 5 nitrogen and oxygen atoms in total. The van der Waals surface area contributed by atoms with E-state index in [4.69, 9.17) is 4.42 Å². The summed E-state index contributed by atoms with van der Waals surface area (Å²) in [5.74, 6) is 0.396. The Morgan fingerprint density at radius 3 is 2.72 bits per heavy atom. The van der Waals surface area contributed by atoms with Crippen molar-refractivity contribution in [3.05, 3.63) is 65.7 Å². The predicted molar refractivity (Wildman–Crippen MR) is 98.1 cm³/mol. The Hall–Kier alpha value is -2.60. The summed E-state index contributed by atoms with van der Waals surface area (Å²) in [6, 6.07) is 17.7. The third kappa shape index (κ3) is 4.70. The molecule has 0 unspecified atom stereocenters. The van der Waals surface area contributed by atoms with Gasteiger partial charge in [-0.25, -0.2) is 0 Å². The van der Waals surface area contributed by atoms with E-state index in [1.165, 1.54) is 11.8 Å². The van der Waals surface area contributed by atoms with E-state index in [9.17, 15) is 4.79 Å². The normalized spacial score (nSPS) is 11.9. The highest BCUT2D eigenvalue weighted by Crippen LogP contribution is 2.26. The molecule has 0 saturated heterocycles. The topological polar surface area (TPSA) is 68.0 Å². The number of carbonyl (C=O) groups excluding carboxylic acids is 1. The van der Waals surface area contributed by atoms with Gasteiger partial charge >= 0.3 is 0 Å². The number of hydrogen-bond donors (Lipinski definition) is 1. The average Bonchev–Trinajstić information content (AvgIpc) is 3.09. The molecule has 0 bridgehead atoms. The molecule has 0 aliphatic rings. The summed E-state index contributed by atoms with van der Waals surface area (Å²) in [6.07, 6.45) is 0. The molecule has 0 spiro atoms. The molecule has 0 aliphatic heterocycles. The first kappa shape index (κ1) is 17.2. The standard InChI is InChI=1S/C19H19N3O2S/c1-13-7-6-10-16(11-13)18-21-22-19(24-18)25-14(2)17(23)20-12-15-8-4-3-5-9-15/h3-11,14H,12H2,1-2H3,(H,20,23)/t14-/m1/s1. The molecule has 1 N–H and O–H groups in total. The lowest BCUT2D eigenvalue weighted by atomic mass is 10.1.